The Hall–Kier alpha value is -4.44. The van der Waals surface area contributed by atoms with Crippen molar-refractivity contribution < 1.29 is 29.4 Å². The normalized spacial score (nSPS) is 22.6. The topological polar surface area (TPSA) is 172 Å². The van der Waals surface area contributed by atoms with Crippen LogP contribution in [0.2, 0.25) is 0 Å². The van der Waals surface area contributed by atoms with Gasteiger partial charge in [0.05, 0.1) is 40.3 Å². The van der Waals surface area contributed by atoms with Crippen LogP contribution >= 0.6 is 11.3 Å². The van der Waals surface area contributed by atoms with Crippen molar-refractivity contribution in [3.8, 4) is 10.4 Å². The minimum atomic E-state index is -0.974. The van der Waals surface area contributed by atoms with Gasteiger partial charge in [0.15, 0.2) is 0 Å². The maximum Gasteiger partial charge on any atom is 0.337 e. The van der Waals surface area contributed by atoms with Crippen LogP contribution in [0.5, 0.6) is 0 Å². The number of carboxylic acid groups (broad SMARTS) is 1. The lowest BCUT2D eigenvalue weighted by Gasteiger charge is -2.62. The zero-order chi connectivity index (χ0) is 39.9. The van der Waals surface area contributed by atoms with Crippen molar-refractivity contribution >= 4 is 40.8 Å². The Kier molecular flexibility index (Phi) is 11.2. The lowest BCUT2D eigenvalue weighted by Crippen LogP contribution is -2.68. The fourth-order valence-corrected chi connectivity index (χ4v) is 9.60. The average Bonchev–Trinajstić information content (AvgIpc) is 3.74. The van der Waals surface area contributed by atoms with Crippen LogP contribution in [0, 0.1) is 17.8 Å². The maximum atomic E-state index is 14.2. The summed E-state index contributed by atoms with van der Waals surface area (Å²) in [6.07, 6.45) is 2.94. The van der Waals surface area contributed by atoms with Crippen LogP contribution in [0.15, 0.2) is 48.1 Å². The molecule has 1 aliphatic carbocycles. The molecule has 3 aromatic rings. The van der Waals surface area contributed by atoms with Gasteiger partial charge in [-0.1, -0.05) is 45.0 Å². The van der Waals surface area contributed by atoms with Crippen LogP contribution < -0.4 is 15.5 Å². The number of pyridine rings is 1. The Labute approximate surface area is 332 Å². The summed E-state index contributed by atoms with van der Waals surface area (Å²) in [5, 5.41) is 25.9. The number of benzene rings is 1. The molecule has 3 saturated heterocycles. The van der Waals surface area contributed by atoms with Crippen LogP contribution in [0.4, 0.5) is 5.82 Å². The highest BCUT2D eigenvalue weighted by Gasteiger charge is 2.54. The Morgan fingerprint density at radius 3 is 2.27 bits per heavy atom. The number of amides is 3. The number of aliphatic hydroxyl groups excluding tert-OH is 1. The molecule has 4 aliphatic rings. The van der Waals surface area contributed by atoms with Gasteiger partial charge >= 0.3 is 5.97 Å². The van der Waals surface area contributed by atoms with E-state index in [1.54, 1.807) is 23.5 Å². The Morgan fingerprint density at radius 1 is 0.982 bits per heavy atom. The summed E-state index contributed by atoms with van der Waals surface area (Å²) >= 11 is 1.58. The van der Waals surface area contributed by atoms with E-state index >= 15 is 0 Å². The highest BCUT2D eigenvalue weighted by atomic mass is 32.1. The number of thiazole rings is 1. The number of aryl methyl sites for hydroxylation is 1. The van der Waals surface area contributed by atoms with E-state index in [4.69, 9.17) is 5.11 Å². The molecule has 2 aromatic heterocycles. The van der Waals surface area contributed by atoms with Gasteiger partial charge in [0.2, 0.25) is 17.7 Å². The molecule has 0 bridgehead atoms. The summed E-state index contributed by atoms with van der Waals surface area (Å²) in [6.45, 7) is 14.9. The maximum absolute atomic E-state index is 14.2. The van der Waals surface area contributed by atoms with E-state index in [0.717, 1.165) is 79.6 Å². The van der Waals surface area contributed by atoms with Gasteiger partial charge in [0.25, 0.3) is 0 Å². The summed E-state index contributed by atoms with van der Waals surface area (Å²) in [4.78, 5) is 70.5. The fraction of sp³-hybridized carbons (Fsp3) is 0.561. The van der Waals surface area contributed by atoms with Gasteiger partial charge in [-0.05, 0) is 55.4 Å². The Bertz CT molecular complexity index is 1910. The molecular formula is C41H54N8O6S. The molecule has 1 aromatic carbocycles. The molecule has 300 valence electrons. The number of carbonyl (C=O) groups is 4. The van der Waals surface area contributed by atoms with Crippen LogP contribution in [-0.2, 0) is 14.4 Å². The number of aromatic nitrogens is 2. The molecule has 0 unspecified atom stereocenters. The van der Waals surface area contributed by atoms with Crippen LogP contribution in [0.1, 0.15) is 74.6 Å². The van der Waals surface area contributed by atoms with Crippen molar-refractivity contribution in [2.75, 3.05) is 57.3 Å². The zero-order valence-corrected chi connectivity index (χ0v) is 33.7. The number of carbonyl (C=O) groups excluding carboxylic acids is 3. The molecule has 3 amide bonds. The molecule has 5 heterocycles. The largest absolute Gasteiger partial charge is 0.478 e. The minimum Gasteiger partial charge on any atom is -0.478 e. The highest BCUT2D eigenvalue weighted by molar-refractivity contribution is 7.13. The van der Waals surface area contributed by atoms with E-state index in [-0.39, 0.29) is 48.8 Å². The summed E-state index contributed by atoms with van der Waals surface area (Å²) < 4.78 is 0. The number of rotatable bonds is 11. The third kappa shape index (κ3) is 8.46. The highest BCUT2D eigenvalue weighted by Crippen LogP contribution is 2.51. The molecule has 4 N–H and O–H groups in total. The first-order valence-electron chi connectivity index (χ1n) is 19.6. The number of β-amino-alcohol motifs (C(OH)–C–C–N with tert-alkyl or cyclic N) is 1. The Balaban J connectivity index is 0.877. The molecule has 14 nitrogen and oxygen atoms in total. The molecular weight excluding hydrogens is 733 g/mol. The number of anilines is 1. The number of carboxylic acids is 1. The second-order valence-electron chi connectivity index (χ2n) is 17.3. The van der Waals surface area contributed by atoms with Gasteiger partial charge in [-0.15, -0.1) is 11.3 Å². The van der Waals surface area contributed by atoms with Crippen molar-refractivity contribution in [2.45, 2.75) is 84.2 Å². The summed E-state index contributed by atoms with van der Waals surface area (Å²) in [6, 6.07) is 9.83. The molecule has 4 atom stereocenters. The molecule has 15 heteroatoms. The summed E-state index contributed by atoms with van der Waals surface area (Å²) in [7, 11) is 0. The second kappa shape index (κ2) is 15.8. The monoisotopic (exact) mass is 786 g/mol. The van der Waals surface area contributed by atoms with Crippen molar-refractivity contribution in [1.29, 1.82) is 0 Å². The SMILES string of the molecule is Cc1ncsc1-c1ccc([C@H](C)NC(=O)[C@@H]2C[C@@H](O)CN2C(=O)[C@@H](NC(=O)CN2CCN(C3CC4(C3)CN(c3ccc(C(=O)O)cn3)C4)CC2)C(C)(C)C)cc1. The van der Waals surface area contributed by atoms with Gasteiger partial charge in [-0.2, -0.15) is 0 Å². The van der Waals surface area contributed by atoms with Crippen molar-refractivity contribution in [3.63, 3.8) is 0 Å². The number of aliphatic hydroxyl groups is 1. The number of likely N-dealkylation sites (tertiary alicyclic amines) is 1. The first-order valence-corrected chi connectivity index (χ1v) is 20.5. The van der Waals surface area contributed by atoms with Crippen LogP contribution in [-0.4, -0.2) is 135 Å². The van der Waals surface area contributed by atoms with Gasteiger partial charge < -0.3 is 30.6 Å². The number of piperazine rings is 1. The van der Waals surface area contributed by atoms with E-state index in [1.165, 1.54) is 11.1 Å². The number of hydrogen-bond acceptors (Lipinski definition) is 11. The average molecular weight is 787 g/mol. The Morgan fingerprint density at radius 2 is 1.68 bits per heavy atom. The summed E-state index contributed by atoms with van der Waals surface area (Å²) in [5.74, 6) is -1.09. The predicted molar refractivity (Wildman–Crippen MR) is 213 cm³/mol. The second-order valence-corrected chi connectivity index (χ2v) is 18.2. The smallest absolute Gasteiger partial charge is 0.337 e. The first kappa shape index (κ1) is 39.8. The third-order valence-corrected chi connectivity index (χ3v) is 13.0. The van der Waals surface area contributed by atoms with E-state index in [2.05, 4.69) is 35.3 Å². The quantitative estimate of drug-likeness (QED) is 0.225. The van der Waals surface area contributed by atoms with Gasteiger partial charge in [0.1, 0.15) is 17.9 Å². The van der Waals surface area contributed by atoms with Gasteiger partial charge in [-0.25, -0.2) is 14.8 Å². The molecule has 7 rings (SSSR count). The van der Waals surface area contributed by atoms with E-state index in [9.17, 15) is 24.3 Å². The van der Waals surface area contributed by atoms with E-state index < -0.39 is 29.6 Å². The van der Waals surface area contributed by atoms with E-state index in [1.807, 2.05) is 64.4 Å². The van der Waals surface area contributed by atoms with Crippen molar-refractivity contribution in [2.24, 2.45) is 10.8 Å². The van der Waals surface area contributed by atoms with E-state index in [0.29, 0.717) is 11.5 Å². The standard InChI is InChI=1S/C41H54N8O6S/c1-25(27-6-8-28(9-7-27)35-26(2)43-24-56-35)44-37(52)32-16-31(50)20-49(32)38(53)36(40(3,4)5)45-34(51)21-46-12-14-47(15-13-46)30-17-41(18-30)22-48(23-41)33-11-10-29(19-42-33)39(54)55/h6-11,19,24-25,30-32,36,50H,12-18,20-23H2,1-5H3,(H,44,52)(H,45,51)(H,54,55)/t25-,31+,32-,36+/m0/s1. The molecule has 4 fully saturated rings. The predicted octanol–water partition coefficient (Wildman–Crippen LogP) is 3.17. The number of hydrogen-bond donors (Lipinski definition) is 4. The molecule has 1 spiro atoms. The van der Waals surface area contributed by atoms with Gasteiger partial charge in [-0.3, -0.25) is 24.2 Å². The minimum absolute atomic E-state index is 0.0237. The number of nitrogens with zero attached hydrogens (tertiary/aromatic N) is 6. The lowest BCUT2D eigenvalue weighted by atomic mass is 9.60. The van der Waals surface area contributed by atoms with Crippen LogP contribution in [0.3, 0.4) is 0 Å². The van der Waals surface area contributed by atoms with Crippen LogP contribution in [0.25, 0.3) is 10.4 Å². The third-order valence-electron chi connectivity index (χ3n) is 12.1. The molecule has 0 radical (unpaired) electrons. The number of aromatic carboxylic acids is 1. The summed E-state index contributed by atoms with van der Waals surface area (Å²) in [5.41, 5.74) is 4.63. The van der Waals surface area contributed by atoms with Crippen molar-refractivity contribution in [1.82, 2.24) is 35.3 Å². The first-order chi connectivity index (χ1) is 26.6. The zero-order valence-electron chi connectivity index (χ0n) is 32.9. The van der Waals surface area contributed by atoms with Gasteiger partial charge in [0, 0.05) is 69.9 Å². The molecule has 3 aliphatic heterocycles. The molecule has 1 saturated carbocycles. The number of nitrogens with one attached hydrogen (secondary N) is 2. The van der Waals surface area contributed by atoms with Crippen molar-refractivity contribution in [3.05, 3.63) is 64.9 Å². The molecule has 56 heavy (non-hydrogen) atoms. The lowest BCUT2D eigenvalue weighted by molar-refractivity contribution is -0.144. The fourth-order valence-electron chi connectivity index (χ4n) is 8.79.